The van der Waals surface area contributed by atoms with E-state index in [1.54, 1.807) is 0 Å². The van der Waals surface area contributed by atoms with Crippen LogP contribution in [0.1, 0.15) is 59.8 Å². The zero-order chi connectivity index (χ0) is 18.4. The number of aryl methyl sites for hydroxylation is 2. The van der Waals surface area contributed by atoms with Gasteiger partial charge in [-0.25, -0.2) is 0 Å². The van der Waals surface area contributed by atoms with Crippen molar-refractivity contribution in [1.29, 1.82) is 0 Å². The lowest BCUT2D eigenvalue weighted by molar-refractivity contribution is 0.249. The number of benzene rings is 1. The Balaban J connectivity index is 2.19. The smallest absolute Gasteiger partial charge is 0.0892 e. The molecule has 132 valence electrons. The first kappa shape index (κ1) is 17.7. The molecule has 0 fully saturated rings. The fourth-order valence-electron chi connectivity index (χ4n) is 4.00. The number of nitrogens with zero attached hydrogens (tertiary/aromatic N) is 2. The molecule has 0 aliphatic carbocycles. The zero-order valence-corrected chi connectivity index (χ0v) is 16.6. The summed E-state index contributed by atoms with van der Waals surface area (Å²) in [6.07, 6.45) is 7.56. The van der Waals surface area contributed by atoms with E-state index in [2.05, 4.69) is 90.2 Å². The van der Waals surface area contributed by atoms with E-state index in [0.717, 1.165) is 6.42 Å². The van der Waals surface area contributed by atoms with Gasteiger partial charge in [-0.2, -0.15) is 0 Å². The molecule has 1 aromatic heterocycles. The van der Waals surface area contributed by atoms with Crippen LogP contribution in [0.15, 0.2) is 30.6 Å². The predicted molar refractivity (Wildman–Crippen MR) is 107 cm³/mol. The third-order valence-electron chi connectivity index (χ3n) is 5.65. The van der Waals surface area contributed by atoms with E-state index in [-0.39, 0.29) is 5.54 Å². The van der Waals surface area contributed by atoms with Crippen LogP contribution in [0.2, 0.25) is 0 Å². The van der Waals surface area contributed by atoms with Gasteiger partial charge in [-0.05, 0) is 74.4 Å². The number of fused-ring (bicyclic) bond motifs is 1. The van der Waals surface area contributed by atoms with Gasteiger partial charge in [0.05, 0.1) is 5.54 Å². The van der Waals surface area contributed by atoms with Gasteiger partial charge >= 0.3 is 0 Å². The highest BCUT2D eigenvalue weighted by atomic mass is 15.2. The Hall–Kier alpha value is -2.09. The van der Waals surface area contributed by atoms with Gasteiger partial charge in [-0.1, -0.05) is 31.5 Å². The van der Waals surface area contributed by atoms with Crippen molar-refractivity contribution in [1.82, 2.24) is 9.88 Å². The molecule has 2 heterocycles. The highest BCUT2D eigenvalue weighted by Crippen LogP contribution is 2.42. The lowest BCUT2D eigenvalue weighted by atomic mass is 9.76. The average Bonchev–Trinajstić information content (AvgIpc) is 2.54. The summed E-state index contributed by atoms with van der Waals surface area (Å²) < 4.78 is 0. The number of hydrogen-bond acceptors (Lipinski definition) is 2. The molecule has 1 aliphatic rings. The van der Waals surface area contributed by atoms with Gasteiger partial charge in [-0.3, -0.25) is 4.98 Å². The Morgan fingerprint density at radius 1 is 1.08 bits per heavy atom. The molecule has 0 radical (unpaired) electrons. The summed E-state index contributed by atoms with van der Waals surface area (Å²) in [4.78, 5) is 7.12. The normalized spacial score (nSPS) is 19.4. The molecule has 1 unspecified atom stereocenters. The van der Waals surface area contributed by atoms with Crippen molar-refractivity contribution >= 4 is 6.08 Å². The van der Waals surface area contributed by atoms with Crippen molar-refractivity contribution in [3.63, 3.8) is 0 Å². The first-order valence-corrected chi connectivity index (χ1v) is 9.22. The monoisotopic (exact) mass is 334 g/mol. The molecular formula is C23H30N2. The summed E-state index contributed by atoms with van der Waals surface area (Å²) in [6, 6.07) is 6.88. The van der Waals surface area contributed by atoms with E-state index in [1.165, 1.54) is 39.1 Å². The molecule has 2 heteroatoms. The lowest BCUT2D eigenvalue weighted by Crippen LogP contribution is -2.42. The second kappa shape index (κ2) is 6.33. The van der Waals surface area contributed by atoms with E-state index in [1.807, 2.05) is 0 Å². The molecule has 1 atom stereocenters. The first-order chi connectivity index (χ1) is 11.7. The van der Waals surface area contributed by atoms with E-state index in [0.29, 0.717) is 5.92 Å². The van der Waals surface area contributed by atoms with Crippen molar-refractivity contribution in [3.05, 3.63) is 69.7 Å². The Labute approximate surface area is 152 Å². The third-order valence-corrected chi connectivity index (χ3v) is 5.65. The molecule has 0 saturated carbocycles. The fraction of sp³-hybridized carbons (Fsp3) is 0.435. The molecule has 2 nitrogen and oxygen atoms in total. The summed E-state index contributed by atoms with van der Waals surface area (Å²) in [5.41, 5.74) is 8.97. The SMILES string of the molecule is Cc1cc(C)c(C)c(C2(C)c3cnc(CC(C)C)cc3C=CN2C)c1. The molecule has 1 aromatic carbocycles. The minimum absolute atomic E-state index is 0.200. The Morgan fingerprint density at radius 2 is 1.80 bits per heavy atom. The molecule has 3 rings (SSSR count). The predicted octanol–water partition coefficient (Wildman–Crippen LogP) is 5.38. The number of hydrogen-bond donors (Lipinski definition) is 0. The van der Waals surface area contributed by atoms with Crippen LogP contribution in [0, 0.1) is 26.7 Å². The second-order valence-corrected chi connectivity index (χ2v) is 8.11. The van der Waals surface area contributed by atoms with Gasteiger partial charge in [-0.15, -0.1) is 0 Å². The number of aromatic nitrogens is 1. The van der Waals surface area contributed by atoms with Crippen LogP contribution in [0.3, 0.4) is 0 Å². The summed E-state index contributed by atoms with van der Waals surface area (Å²) in [5, 5.41) is 0. The molecular weight excluding hydrogens is 304 g/mol. The first-order valence-electron chi connectivity index (χ1n) is 9.22. The molecule has 0 bridgehead atoms. The fourth-order valence-corrected chi connectivity index (χ4v) is 4.00. The molecule has 0 spiro atoms. The third kappa shape index (κ3) is 2.99. The van der Waals surface area contributed by atoms with Crippen molar-refractivity contribution < 1.29 is 0 Å². The van der Waals surface area contributed by atoms with Gasteiger partial charge in [0.25, 0.3) is 0 Å². The van der Waals surface area contributed by atoms with Crippen LogP contribution in [0.5, 0.6) is 0 Å². The lowest BCUT2D eigenvalue weighted by Gasteiger charge is -2.43. The Bertz CT molecular complexity index is 832. The summed E-state index contributed by atoms with van der Waals surface area (Å²) in [5.74, 6) is 0.619. The molecule has 2 aromatic rings. The molecule has 1 aliphatic heterocycles. The van der Waals surface area contributed by atoms with Crippen molar-refractivity contribution in [3.8, 4) is 0 Å². The van der Waals surface area contributed by atoms with E-state index in [9.17, 15) is 0 Å². The van der Waals surface area contributed by atoms with E-state index >= 15 is 0 Å². The molecule has 0 N–H and O–H groups in total. The van der Waals surface area contributed by atoms with Crippen LogP contribution in [0.4, 0.5) is 0 Å². The van der Waals surface area contributed by atoms with Crippen LogP contribution in [0.25, 0.3) is 6.08 Å². The highest BCUT2D eigenvalue weighted by molar-refractivity contribution is 5.62. The standard InChI is InChI=1S/C23H30N2/c1-15(2)10-20-13-19-8-9-25(7)23(6,22(19)14-24-20)21-12-16(3)11-17(4)18(21)5/h8-9,11-15H,10H2,1-7H3. The molecule has 25 heavy (non-hydrogen) atoms. The minimum atomic E-state index is -0.200. The van der Waals surface area contributed by atoms with Crippen molar-refractivity contribution in [2.24, 2.45) is 5.92 Å². The minimum Gasteiger partial charge on any atom is -0.367 e. The van der Waals surface area contributed by atoms with Crippen molar-refractivity contribution in [2.45, 2.75) is 53.5 Å². The summed E-state index contributed by atoms with van der Waals surface area (Å²) in [7, 11) is 2.17. The maximum Gasteiger partial charge on any atom is 0.0892 e. The largest absolute Gasteiger partial charge is 0.367 e. The topological polar surface area (TPSA) is 16.1 Å². The average molecular weight is 335 g/mol. The van der Waals surface area contributed by atoms with Gasteiger partial charge < -0.3 is 4.90 Å². The van der Waals surface area contributed by atoms with Gasteiger partial charge in [0.1, 0.15) is 0 Å². The summed E-state index contributed by atoms with van der Waals surface area (Å²) in [6.45, 7) is 13.4. The zero-order valence-electron chi connectivity index (χ0n) is 16.6. The van der Waals surface area contributed by atoms with Crippen LogP contribution in [-0.4, -0.2) is 16.9 Å². The Morgan fingerprint density at radius 3 is 2.48 bits per heavy atom. The van der Waals surface area contributed by atoms with E-state index < -0.39 is 0 Å². The second-order valence-electron chi connectivity index (χ2n) is 8.11. The van der Waals surface area contributed by atoms with Gasteiger partial charge in [0.2, 0.25) is 0 Å². The van der Waals surface area contributed by atoms with Crippen LogP contribution < -0.4 is 0 Å². The van der Waals surface area contributed by atoms with Gasteiger partial charge in [0.15, 0.2) is 0 Å². The number of rotatable bonds is 3. The maximum atomic E-state index is 4.80. The van der Waals surface area contributed by atoms with Crippen LogP contribution in [-0.2, 0) is 12.0 Å². The quantitative estimate of drug-likeness (QED) is 0.748. The molecule has 0 amide bonds. The Kier molecular flexibility index (Phi) is 4.49. The van der Waals surface area contributed by atoms with Gasteiger partial charge in [0, 0.05) is 30.7 Å². The number of pyridine rings is 1. The van der Waals surface area contributed by atoms with E-state index in [4.69, 9.17) is 4.98 Å². The van der Waals surface area contributed by atoms with Crippen molar-refractivity contribution in [2.75, 3.05) is 7.05 Å². The maximum absolute atomic E-state index is 4.80. The highest BCUT2D eigenvalue weighted by Gasteiger charge is 2.37. The summed E-state index contributed by atoms with van der Waals surface area (Å²) >= 11 is 0. The van der Waals surface area contributed by atoms with Crippen LogP contribution >= 0.6 is 0 Å². The molecule has 0 saturated heterocycles.